The maximum atomic E-state index is 11.6. The van der Waals surface area contributed by atoms with Gasteiger partial charge in [0, 0.05) is 39.5 Å². The highest BCUT2D eigenvalue weighted by molar-refractivity contribution is 5.73. The first-order valence-corrected chi connectivity index (χ1v) is 7.83. The van der Waals surface area contributed by atoms with Crippen LogP contribution in [0.2, 0.25) is 0 Å². The number of hydrogen-bond donors (Lipinski definition) is 0. The summed E-state index contributed by atoms with van der Waals surface area (Å²) in [5, 5.41) is 4.24. The second-order valence-corrected chi connectivity index (χ2v) is 6.03. The average molecular weight is 298 g/mol. The average Bonchev–Trinajstić information content (AvgIpc) is 2.94. The normalized spacial score (nSPS) is 18.5. The fourth-order valence-corrected chi connectivity index (χ4v) is 3.27. The maximum absolute atomic E-state index is 11.6. The third kappa shape index (κ3) is 3.03. The quantitative estimate of drug-likeness (QED) is 0.873. The Bertz CT molecular complexity index is 664. The summed E-state index contributed by atoms with van der Waals surface area (Å²) in [6.45, 7) is 3.41. The monoisotopic (exact) mass is 298 g/mol. The Morgan fingerprint density at radius 2 is 2.23 bits per heavy atom. The summed E-state index contributed by atoms with van der Waals surface area (Å²) in [5.41, 5.74) is 3.28. The molecule has 22 heavy (non-hydrogen) atoms. The molecule has 1 aliphatic heterocycles. The van der Waals surface area contributed by atoms with Crippen molar-refractivity contribution in [3.8, 4) is 11.4 Å². The van der Waals surface area contributed by atoms with Crippen molar-refractivity contribution in [1.82, 2.24) is 19.7 Å². The highest BCUT2D eigenvalue weighted by Crippen LogP contribution is 2.26. The van der Waals surface area contributed by atoms with E-state index in [0.29, 0.717) is 5.92 Å². The van der Waals surface area contributed by atoms with Crippen LogP contribution in [0, 0.1) is 5.92 Å². The maximum Gasteiger partial charge on any atom is 0.219 e. The highest BCUT2D eigenvalue weighted by atomic mass is 16.2. The predicted octanol–water partition coefficient (Wildman–Crippen LogP) is 2.28. The first-order chi connectivity index (χ1) is 10.6. The zero-order valence-electron chi connectivity index (χ0n) is 13.2. The number of pyridine rings is 1. The first-order valence-electron chi connectivity index (χ1n) is 7.83. The van der Waals surface area contributed by atoms with Crippen molar-refractivity contribution in [3.63, 3.8) is 0 Å². The molecular formula is C17H22N4O. The molecule has 116 valence electrons. The molecule has 2 aromatic rings. The fourth-order valence-electron chi connectivity index (χ4n) is 3.27. The molecule has 1 amide bonds. The van der Waals surface area contributed by atoms with Crippen LogP contribution in [-0.2, 0) is 18.3 Å². The lowest BCUT2D eigenvalue weighted by Crippen LogP contribution is -2.39. The molecule has 1 unspecified atom stereocenters. The van der Waals surface area contributed by atoms with Gasteiger partial charge in [0.2, 0.25) is 5.91 Å². The van der Waals surface area contributed by atoms with Crippen LogP contribution in [0.1, 0.15) is 25.3 Å². The van der Waals surface area contributed by atoms with E-state index in [1.54, 1.807) is 13.1 Å². The molecular weight excluding hydrogens is 276 g/mol. The van der Waals surface area contributed by atoms with Crippen LogP contribution < -0.4 is 0 Å². The van der Waals surface area contributed by atoms with Gasteiger partial charge in [-0.15, -0.1) is 0 Å². The van der Waals surface area contributed by atoms with Gasteiger partial charge in [-0.3, -0.25) is 14.5 Å². The number of aromatic nitrogens is 3. The van der Waals surface area contributed by atoms with Gasteiger partial charge >= 0.3 is 0 Å². The van der Waals surface area contributed by atoms with E-state index in [9.17, 15) is 4.79 Å². The fraction of sp³-hybridized carbons (Fsp3) is 0.471. The molecule has 3 rings (SSSR count). The lowest BCUT2D eigenvalue weighted by molar-refractivity contribution is -0.130. The van der Waals surface area contributed by atoms with Crippen LogP contribution in [0.5, 0.6) is 0 Å². The zero-order chi connectivity index (χ0) is 15.5. The van der Waals surface area contributed by atoms with Gasteiger partial charge in [-0.1, -0.05) is 6.07 Å². The molecule has 0 N–H and O–H groups in total. The third-order valence-corrected chi connectivity index (χ3v) is 4.43. The molecule has 5 nitrogen and oxygen atoms in total. The summed E-state index contributed by atoms with van der Waals surface area (Å²) in [5.74, 6) is 0.691. The van der Waals surface area contributed by atoms with E-state index in [-0.39, 0.29) is 5.91 Å². The lowest BCUT2D eigenvalue weighted by atomic mass is 9.90. The standard InChI is InChI=1S/C17H22N4O/c1-13(22)21-10-4-5-14(12-21)11-15-6-3-8-18-17(15)16-7-9-19-20(16)2/h3,6-9,14H,4-5,10-12H2,1-2H3. The Morgan fingerprint density at radius 1 is 1.36 bits per heavy atom. The Balaban J connectivity index is 1.81. The number of aryl methyl sites for hydroxylation is 1. The van der Waals surface area contributed by atoms with Crippen LogP contribution >= 0.6 is 0 Å². The molecule has 0 spiro atoms. The number of piperidine rings is 1. The molecule has 0 saturated carbocycles. The topological polar surface area (TPSA) is 51.0 Å². The van der Waals surface area contributed by atoms with Crippen LogP contribution in [0.25, 0.3) is 11.4 Å². The summed E-state index contributed by atoms with van der Waals surface area (Å²) >= 11 is 0. The van der Waals surface area contributed by atoms with E-state index < -0.39 is 0 Å². The second kappa shape index (κ2) is 6.30. The minimum absolute atomic E-state index is 0.183. The highest BCUT2D eigenvalue weighted by Gasteiger charge is 2.23. The molecule has 1 atom stereocenters. The Morgan fingerprint density at radius 3 is 2.95 bits per heavy atom. The predicted molar refractivity (Wildman–Crippen MR) is 85.1 cm³/mol. The van der Waals surface area contributed by atoms with Crippen molar-refractivity contribution in [2.75, 3.05) is 13.1 Å². The van der Waals surface area contributed by atoms with E-state index >= 15 is 0 Å². The van der Waals surface area contributed by atoms with E-state index in [2.05, 4.69) is 16.1 Å². The van der Waals surface area contributed by atoms with Crippen molar-refractivity contribution in [2.45, 2.75) is 26.2 Å². The number of likely N-dealkylation sites (tertiary alicyclic amines) is 1. The van der Waals surface area contributed by atoms with Gasteiger partial charge in [-0.05, 0) is 42.9 Å². The van der Waals surface area contributed by atoms with Crippen molar-refractivity contribution in [2.24, 2.45) is 13.0 Å². The number of rotatable bonds is 3. The van der Waals surface area contributed by atoms with E-state index in [4.69, 9.17) is 0 Å². The van der Waals surface area contributed by atoms with Crippen molar-refractivity contribution in [1.29, 1.82) is 0 Å². The first kappa shape index (κ1) is 14.8. The Labute approximate surface area is 131 Å². The minimum Gasteiger partial charge on any atom is -0.343 e. The number of amides is 1. The molecule has 3 heterocycles. The smallest absolute Gasteiger partial charge is 0.219 e. The SMILES string of the molecule is CC(=O)N1CCCC(Cc2cccnc2-c2ccnn2C)C1. The van der Waals surface area contributed by atoms with Crippen molar-refractivity contribution < 1.29 is 4.79 Å². The van der Waals surface area contributed by atoms with E-state index in [1.807, 2.05) is 35.0 Å². The van der Waals surface area contributed by atoms with Gasteiger partial charge in [0.1, 0.15) is 0 Å². The van der Waals surface area contributed by atoms with Gasteiger partial charge in [-0.2, -0.15) is 5.10 Å². The lowest BCUT2D eigenvalue weighted by Gasteiger charge is -2.32. The number of nitrogens with zero attached hydrogens (tertiary/aromatic N) is 4. The minimum atomic E-state index is 0.183. The van der Waals surface area contributed by atoms with Crippen LogP contribution in [0.4, 0.5) is 0 Å². The molecule has 1 fully saturated rings. The summed E-state index contributed by atoms with van der Waals surface area (Å²) in [7, 11) is 1.94. The van der Waals surface area contributed by atoms with Crippen LogP contribution in [-0.4, -0.2) is 38.7 Å². The Kier molecular flexibility index (Phi) is 4.22. The van der Waals surface area contributed by atoms with E-state index in [1.165, 1.54) is 12.0 Å². The van der Waals surface area contributed by atoms with Gasteiger partial charge in [-0.25, -0.2) is 0 Å². The summed E-state index contributed by atoms with van der Waals surface area (Å²) in [4.78, 5) is 18.1. The summed E-state index contributed by atoms with van der Waals surface area (Å²) in [6, 6.07) is 6.12. The van der Waals surface area contributed by atoms with Gasteiger partial charge in [0.15, 0.2) is 0 Å². The van der Waals surface area contributed by atoms with Crippen molar-refractivity contribution in [3.05, 3.63) is 36.2 Å². The number of hydrogen-bond acceptors (Lipinski definition) is 3. The third-order valence-electron chi connectivity index (χ3n) is 4.43. The van der Waals surface area contributed by atoms with E-state index in [0.717, 1.165) is 37.3 Å². The largest absolute Gasteiger partial charge is 0.343 e. The molecule has 2 aromatic heterocycles. The van der Waals surface area contributed by atoms with Crippen LogP contribution in [0.3, 0.4) is 0 Å². The molecule has 0 bridgehead atoms. The molecule has 1 aliphatic rings. The molecule has 0 radical (unpaired) electrons. The number of carbonyl (C=O) groups is 1. The Hall–Kier alpha value is -2.17. The summed E-state index contributed by atoms with van der Waals surface area (Å²) < 4.78 is 1.86. The molecule has 5 heteroatoms. The van der Waals surface area contributed by atoms with Crippen molar-refractivity contribution >= 4 is 5.91 Å². The second-order valence-electron chi connectivity index (χ2n) is 6.03. The zero-order valence-corrected chi connectivity index (χ0v) is 13.2. The molecule has 0 aromatic carbocycles. The molecule has 0 aliphatic carbocycles. The van der Waals surface area contributed by atoms with Gasteiger partial charge in [0.25, 0.3) is 0 Å². The van der Waals surface area contributed by atoms with Gasteiger partial charge in [0.05, 0.1) is 11.4 Å². The molecule has 1 saturated heterocycles. The van der Waals surface area contributed by atoms with Crippen LogP contribution in [0.15, 0.2) is 30.6 Å². The summed E-state index contributed by atoms with van der Waals surface area (Å²) in [6.07, 6.45) is 6.84. The van der Waals surface area contributed by atoms with Gasteiger partial charge < -0.3 is 4.90 Å². The number of carbonyl (C=O) groups excluding carboxylic acids is 1.